The van der Waals surface area contributed by atoms with Crippen molar-refractivity contribution in [2.24, 2.45) is 0 Å². The molecule has 1 saturated heterocycles. The molecule has 1 aliphatic heterocycles. The molecule has 2 aromatic heterocycles. The van der Waals surface area contributed by atoms with Gasteiger partial charge in [-0.1, -0.05) is 48.5 Å². The van der Waals surface area contributed by atoms with Crippen molar-refractivity contribution < 1.29 is 13.9 Å². The second-order valence-corrected chi connectivity index (χ2v) is 8.52. The van der Waals surface area contributed by atoms with E-state index in [1.54, 1.807) is 13.4 Å². The van der Waals surface area contributed by atoms with Gasteiger partial charge in [-0.3, -0.25) is 0 Å². The third-order valence-corrected chi connectivity index (χ3v) is 6.38. The Morgan fingerprint density at radius 3 is 2.65 bits per heavy atom. The lowest BCUT2D eigenvalue weighted by molar-refractivity contribution is 0.120. The molecule has 0 bridgehead atoms. The summed E-state index contributed by atoms with van der Waals surface area (Å²) in [6, 6.07) is 22.7. The van der Waals surface area contributed by atoms with E-state index in [1.165, 1.54) is 0 Å². The van der Waals surface area contributed by atoms with Crippen LogP contribution in [0.5, 0.6) is 5.75 Å². The van der Waals surface area contributed by atoms with E-state index >= 15 is 0 Å². The van der Waals surface area contributed by atoms with Crippen molar-refractivity contribution in [3.05, 3.63) is 73.1 Å². The van der Waals surface area contributed by atoms with Gasteiger partial charge in [0.1, 0.15) is 23.7 Å². The first-order valence-corrected chi connectivity index (χ1v) is 11.6. The Bertz CT molecular complexity index is 1460. The molecule has 6 heteroatoms. The Morgan fingerprint density at radius 1 is 0.971 bits per heavy atom. The molecule has 5 aromatic rings. The van der Waals surface area contributed by atoms with Crippen LogP contribution in [0.15, 0.2) is 77.5 Å². The number of nitrogens with zero attached hydrogens (tertiary/aromatic N) is 2. The molecular formula is C28H25N3O3. The summed E-state index contributed by atoms with van der Waals surface area (Å²) in [5.41, 5.74) is 3.59. The fraction of sp³-hybridized carbons (Fsp3) is 0.214. The fourth-order valence-corrected chi connectivity index (χ4v) is 4.66. The number of furan rings is 1. The highest BCUT2D eigenvalue weighted by atomic mass is 16.5. The normalized spacial score (nSPS) is 15.7. The molecule has 6 rings (SSSR count). The number of hydrogen-bond donors (Lipinski definition) is 1. The van der Waals surface area contributed by atoms with Gasteiger partial charge >= 0.3 is 0 Å². The van der Waals surface area contributed by atoms with E-state index in [2.05, 4.69) is 51.7 Å². The molecule has 0 spiro atoms. The quantitative estimate of drug-likeness (QED) is 0.326. The lowest BCUT2D eigenvalue weighted by Gasteiger charge is -2.12. The Balaban J connectivity index is 1.51. The largest absolute Gasteiger partial charge is 0.497 e. The van der Waals surface area contributed by atoms with Gasteiger partial charge in [-0.25, -0.2) is 9.97 Å². The lowest BCUT2D eigenvalue weighted by Crippen LogP contribution is -2.19. The van der Waals surface area contributed by atoms with Crippen molar-refractivity contribution in [1.29, 1.82) is 0 Å². The molecule has 0 saturated carbocycles. The van der Waals surface area contributed by atoms with Crippen LogP contribution in [-0.4, -0.2) is 36.3 Å². The Labute approximate surface area is 197 Å². The number of ether oxygens (including phenoxy) is 2. The van der Waals surface area contributed by atoms with Gasteiger partial charge in [0.15, 0.2) is 0 Å². The summed E-state index contributed by atoms with van der Waals surface area (Å²) in [6.07, 6.45) is 3.92. The van der Waals surface area contributed by atoms with Gasteiger partial charge in [0, 0.05) is 24.3 Å². The molecule has 3 aromatic carbocycles. The van der Waals surface area contributed by atoms with Gasteiger partial charge in [-0.05, 0) is 47.4 Å². The van der Waals surface area contributed by atoms with Crippen LogP contribution in [0.2, 0.25) is 0 Å². The number of benzene rings is 3. The average Bonchev–Trinajstić information content (AvgIpc) is 3.55. The smallest absolute Gasteiger partial charge is 0.232 e. The number of hydrogen-bond acceptors (Lipinski definition) is 6. The number of fused-ring (bicyclic) bond motifs is 2. The monoisotopic (exact) mass is 451 g/mol. The first kappa shape index (κ1) is 20.7. The summed E-state index contributed by atoms with van der Waals surface area (Å²) in [5, 5.41) is 6.60. The van der Waals surface area contributed by atoms with Crippen molar-refractivity contribution in [2.75, 3.05) is 25.6 Å². The third kappa shape index (κ3) is 3.76. The molecule has 3 heterocycles. The summed E-state index contributed by atoms with van der Waals surface area (Å²) in [4.78, 5) is 9.05. The van der Waals surface area contributed by atoms with Crippen LogP contribution < -0.4 is 10.1 Å². The summed E-state index contributed by atoms with van der Waals surface area (Å²) in [7, 11) is 1.68. The molecule has 1 aliphatic rings. The molecule has 1 atom stereocenters. The van der Waals surface area contributed by atoms with Gasteiger partial charge in [0.2, 0.25) is 5.71 Å². The molecule has 0 aliphatic carbocycles. The Hall–Kier alpha value is -3.90. The maximum absolute atomic E-state index is 6.40. The number of nitrogens with one attached hydrogen (secondary N) is 1. The zero-order valence-corrected chi connectivity index (χ0v) is 19.0. The predicted octanol–water partition coefficient (Wildman–Crippen LogP) is 6.31. The van der Waals surface area contributed by atoms with Crippen molar-refractivity contribution in [1.82, 2.24) is 9.97 Å². The summed E-state index contributed by atoms with van der Waals surface area (Å²) >= 11 is 0. The van der Waals surface area contributed by atoms with Gasteiger partial charge in [0.05, 0.1) is 18.6 Å². The minimum absolute atomic E-state index is 0.203. The summed E-state index contributed by atoms with van der Waals surface area (Å²) in [6.45, 7) is 1.53. The fourth-order valence-electron chi connectivity index (χ4n) is 4.66. The summed E-state index contributed by atoms with van der Waals surface area (Å²) in [5.74, 6) is 2.38. The van der Waals surface area contributed by atoms with Gasteiger partial charge in [-0.2, -0.15) is 0 Å². The van der Waals surface area contributed by atoms with Crippen LogP contribution in [0.1, 0.15) is 12.8 Å². The number of methoxy groups -OCH3 is 1. The van der Waals surface area contributed by atoms with Crippen LogP contribution in [0.25, 0.3) is 44.3 Å². The first-order chi connectivity index (χ1) is 16.8. The van der Waals surface area contributed by atoms with Gasteiger partial charge in [-0.15, -0.1) is 0 Å². The third-order valence-electron chi connectivity index (χ3n) is 6.38. The molecular weight excluding hydrogens is 426 g/mol. The van der Waals surface area contributed by atoms with Crippen LogP contribution >= 0.6 is 0 Å². The van der Waals surface area contributed by atoms with Crippen LogP contribution in [-0.2, 0) is 4.74 Å². The Morgan fingerprint density at radius 2 is 1.82 bits per heavy atom. The molecule has 6 nitrogen and oxygen atoms in total. The number of anilines is 1. The molecule has 170 valence electrons. The van der Waals surface area contributed by atoms with Crippen molar-refractivity contribution in [3.63, 3.8) is 0 Å². The van der Waals surface area contributed by atoms with Gasteiger partial charge < -0.3 is 19.2 Å². The number of aromatic nitrogens is 2. The Kier molecular flexibility index (Phi) is 5.35. The number of rotatable bonds is 6. The molecule has 0 unspecified atom stereocenters. The van der Waals surface area contributed by atoms with Crippen molar-refractivity contribution in [2.45, 2.75) is 18.9 Å². The van der Waals surface area contributed by atoms with E-state index in [-0.39, 0.29) is 6.10 Å². The van der Waals surface area contributed by atoms with E-state index in [0.717, 1.165) is 69.6 Å². The highest BCUT2D eigenvalue weighted by Gasteiger charge is 2.23. The van der Waals surface area contributed by atoms with Crippen LogP contribution in [0, 0.1) is 0 Å². The minimum Gasteiger partial charge on any atom is -0.497 e. The van der Waals surface area contributed by atoms with E-state index < -0.39 is 0 Å². The standard InChI is InChI=1S/C28H25N3O3/c1-32-22-12-11-19-14-21(10-9-20(19)15-22)26-24(18-6-3-2-4-7-18)25-27(30-17-31-28(25)34-26)29-16-23-8-5-13-33-23/h2-4,6-7,9-12,14-15,17,23H,5,8,13,16H2,1H3,(H,29,30,31)/t23-/m0/s1. The molecule has 1 fully saturated rings. The van der Waals surface area contributed by atoms with E-state index in [1.807, 2.05) is 30.3 Å². The molecule has 0 amide bonds. The predicted molar refractivity (Wildman–Crippen MR) is 134 cm³/mol. The maximum atomic E-state index is 6.40. The SMILES string of the molecule is COc1ccc2cc(-c3oc4ncnc(NC[C@@H]5CCCO5)c4c3-c3ccccc3)ccc2c1. The topological polar surface area (TPSA) is 69.4 Å². The van der Waals surface area contributed by atoms with E-state index in [9.17, 15) is 0 Å². The van der Waals surface area contributed by atoms with Crippen LogP contribution in [0.4, 0.5) is 5.82 Å². The second kappa shape index (κ2) is 8.80. The van der Waals surface area contributed by atoms with Crippen LogP contribution in [0.3, 0.4) is 0 Å². The molecule has 0 radical (unpaired) electrons. The highest BCUT2D eigenvalue weighted by molar-refractivity contribution is 6.06. The second-order valence-electron chi connectivity index (χ2n) is 8.52. The summed E-state index contributed by atoms with van der Waals surface area (Å²) < 4.78 is 17.6. The van der Waals surface area contributed by atoms with Gasteiger partial charge in [0.25, 0.3) is 0 Å². The zero-order chi connectivity index (χ0) is 22.9. The van der Waals surface area contributed by atoms with Crippen molar-refractivity contribution >= 4 is 27.7 Å². The van der Waals surface area contributed by atoms with E-state index in [4.69, 9.17) is 13.9 Å². The highest BCUT2D eigenvalue weighted by Crippen LogP contribution is 2.43. The molecule has 1 N–H and O–H groups in total. The van der Waals surface area contributed by atoms with Crippen molar-refractivity contribution in [3.8, 4) is 28.2 Å². The molecule has 34 heavy (non-hydrogen) atoms. The van der Waals surface area contributed by atoms with E-state index in [0.29, 0.717) is 12.3 Å². The maximum Gasteiger partial charge on any atom is 0.232 e. The zero-order valence-electron chi connectivity index (χ0n) is 19.0. The lowest BCUT2D eigenvalue weighted by atomic mass is 9.97. The minimum atomic E-state index is 0.203. The first-order valence-electron chi connectivity index (χ1n) is 11.6. The average molecular weight is 452 g/mol.